The lowest BCUT2D eigenvalue weighted by atomic mass is 10.1. The van der Waals surface area contributed by atoms with Crippen LogP contribution in [-0.2, 0) is 21.4 Å². The van der Waals surface area contributed by atoms with Gasteiger partial charge < -0.3 is 4.90 Å². The standard InChI is InChI=1S/C17H26N2O3S2/c1-4-12-24(21,22)19-11-5-6-16(19)17(20)18(2)13-14-7-9-15(23-3)10-8-14/h7-10,16H,4-6,11-13H2,1-3H3. The Kier molecular flexibility index (Phi) is 6.71. The van der Waals surface area contributed by atoms with Gasteiger partial charge in [0.05, 0.1) is 5.75 Å². The van der Waals surface area contributed by atoms with Crippen LogP contribution in [0.3, 0.4) is 0 Å². The van der Waals surface area contributed by atoms with E-state index < -0.39 is 16.1 Å². The van der Waals surface area contributed by atoms with Crippen molar-refractivity contribution in [3.63, 3.8) is 0 Å². The molecule has 1 heterocycles. The molecule has 0 saturated carbocycles. The van der Waals surface area contributed by atoms with Crippen molar-refractivity contribution < 1.29 is 13.2 Å². The Morgan fingerprint density at radius 1 is 1.33 bits per heavy atom. The number of likely N-dealkylation sites (N-methyl/N-ethyl adjacent to an activating group) is 1. The Labute approximate surface area is 149 Å². The minimum absolute atomic E-state index is 0.108. The Morgan fingerprint density at radius 3 is 2.58 bits per heavy atom. The lowest BCUT2D eigenvalue weighted by molar-refractivity contribution is -0.133. The number of carbonyl (C=O) groups excluding carboxylic acids is 1. The van der Waals surface area contributed by atoms with Gasteiger partial charge in [0.2, 0.25) is 15.9 Å². The van der Waals surface area contributed by atoms with Crippen LogP contribution in [0, 0.1) is 0 Å². The predicted octanol–water partition coefficient (Wildman–Crippen LogP) is 2.57. The fourth-order valence-corrected chi connectivity index (χ4v) is 5.18. The van der Waals surface area contributed by atoms with Gasteiger partial charge in [-0.2, -0.15) is 4.31 Å². The SMILES string of the molecule is CCCS(=O)(=O)N1CCCC1C(=O)N(C)Cc1ccc(SC)cc1. The number of carbonyl (C=O) groups is 1. The second-order valence-corrected chi connectivity index (χ2v) is 9.05. The van der Waals surface area contributed by atoms with E-state index in [1.165, 1.54) is 9.20 Å². The highest BCUT2D eigenvalue weighted by molar-refractivity contribution is 7.98. The molecule has 1 atom stereocenters. The molecule has 5 nitrogen and oxygen atoms in total. The van der Waals surface area contributed by atoms with Gasteiger partial charge in [-0.05, 0) is 43.2 Å². The van der Waals surface area contributed by atoms with Crippen LogP contribution in [-0.4, -0.2) is 55.2 Å². The molecule has 0 aliphatic carbocycles. The summed E-state index contributed by atoms with van der Waals surface area (Å²) in [4.78, 5) is 15.6. The zero-order valence-electron chi connectivity index (χ0n) is 14.6. The van der Waals surface area contributed by atoms with Gasteiger partial charge in [0, 0.05) is 25.0 Å². The van der Waals surface area contributed by atoms with Gasteiger partial charge in [-0.15, -0.1) is 11.8 Å². The predicted molar refractivity (Wildman–Crippen MR) is 98.5 cm³/mol. The Morgan fingerprint density at radius 2 is 2.00 bits per heavy atom. The second-order valence-electron chi connectivity index (χ2n) is 6.13. The van der Waals surface area contributed by atoms with Gasteiger partial charge in [-0.1, -0.05) is 19.1 Å². The first kappa shape index (κ1) is 19.3. The average molecular weight is 371 g/mol. The highest BCUT2D eigenvalue weighted by Crippen LogP contribution is 2.24. The minimum atomic E-state index is -3.34. The third-order valence-electron chi connectivity index (χ3n) is 4.26. The van der Waals surface area contributed by atoms with Gasteiger partial charge in [-0.3, -0.25) is 4.79 Å². The molecule has 0 spiro atoms. The first-order valence-corrected chi connectivity index (χ1v) is 11.1. The summed E-state index contributed by atoms with van der Waals surface area (Å²) in [6.07, 6.45) is 3.95. The summed E-state index contributed by atoms with van der Waals surface area (Å²) in [6, 6.07) is 7.54. The molecule has 1 amide bonds. The Bertz CT molecular complexity index is 659. The summed E-state index contributed by atoms with van der Waals surface area (Å²) in [5.41, 5.74) is 1.05. The van der Waals surface area contributed by atoms with E-state index in [9.17, 15) is 13.2 Å². The first-order chi connectivity index (χ1) is 11.4. The quantitative estimate of drug-likeness (QED) is 0.692. The molecular formula is C17H26N2O3S2. The van der Waals surface area contributed by atoms with E-state index in [4.69, 9.17) is 0 Å². The number of benzene rings is 1. The molecule has 0 N–H and O–H groups in total. The van der Waals surface area contributed by atoms with Gasteiger partial charge in [-0.25, -0.2) is 8.42 Å². The first-order valence-electron chi connectivity index (χ1n) is 8.26. The number of thioether (sulfide) groups is 1. The van der Waals surface area contributed by atoms with Crippen LogP contribution in [0.1, 0.15) is 31.7 Å². The van der Waals surface area contributed by atoms with Gasteiger partial charge in [0.15, 0.2) is 0 Å². The summed E-state index contributed by atoms with van der Waals surface area (Å²) < 4.78 is 26.1. The molecular weight excluding hydrogens is 344 g/mol. The van der Waals surface area contributed by atoms with E-state index in [1.807, 2.05) is 37.4 Å². The monoisotopic (exact) mass is 370 g/mol. The van der Waals surface area contributed by atoms with Gasteiger partial charge in [0.25, 0.3) is 0 Å². The van der Waals surface area contributed by atoms with Crippen molar-refractivity contribution in [2.45, 2.75) is 43.7 Å². The number of rotatable bonds is 7. The van der Waals surface area contributed by atoms with Crippen molar-refractivity contribution in [3.05, 3.63) is 29.8 Å². The molecule has 0 radical (unpaired) electrons. The number of amides is 1. The molecule has 1 aromatic carbocycles. The molecule has 1 aliphatic rings. The van der Waals surface area contributed by atoms with E-state index in [1.54, 1.807) is 23.7 Å². The van der Waals surface area contributed by atoms with Crippen LogP contribution in [0.4, 0.5) is 0 Å². The van der Waals surface area contributed by atoms with Gasteiger partial charge >= 0.3 is 0 Å². The normalized spacial score (nSPS) is 18.7. The largest absolute Gasteiger partial charge is 0.340 e. The average Bonchev–Trinajstić information content (AvgIpc) is 3.05. The van der Waals surface area contributed by atoms with E-state index >= 15 is 0 Å². The third-order valence-corrected chi connectivity index (χ3v) is 7.08. The highest BCUT2D eigenvalue weighted by Gasteiger charge is 2.39. The van der Waals surface area contributed by atoms with Crippen LogP contribution in [0.25, 0.3) is 0 Å². The molecule has 134 valence electrons. The summed E-state index contributed by atoms with van der Waals surface area (Å²) in [5.74, 6) is -0.00229. The summed E-state index contributed by atoms with van der Waals surface area (Å²) in [6.45, 7) is 2.79. The van der Waals surface area contributed by atoms with E-state index in [0.29, 0.717) is 25.9 Å². The van der Waals surface area contributed by atoms with Crippen LogP contribution in [0.15, 0.2) is 29.2 Å². The maximum Gasteiger partial charge on any atom is 0.241 e. The van der Waals surface area contributed by atoms with Crippen molar-refractivity contribution in [3.8, 4) is 0 Å². The maximum absolute atomic E-state index is 12.7. The van der Waals surface area contributed by atoms with Gasteiger partial charge in [0.1, 0.15) is 6.04 Å². The van der Waals surface area contributed by atoms with Crippen LogP contribution < -0.4 is 0 Å². The molecule has 1 saturated heterocycles. The number of sulfonamides is 1. The smallest absolute Gasteiger partial charge is 0.241 e. The second kappa shape index (κ2) is 8.36. The molecule has 24 heavy (non-hydrogen) atoms. The minimum Gasteiger partial charge on any atom is -0.340 e. The molecule has 7 heteroatoms. The van der Waals surface area contributed by atoms with Crippen molar-refractivity contribution in [2.24, 2.45) is 0 Å². The van der Waals surface area contributed by atoms with E-state index in [2.05, 4.69) is 0 Å². The molecule has 1 fully saturated rings. The lowest BCUT2D eigenvalue weighted by Crippen LogP contribution is -2.46. The summed E-state index contributed by atoms with van der Waals surface area (Å²) in [5, 5.41) is 0. The van der Waals surface area contributed by atoms with Crippen molar-refractivity contribution in [1.82, 2.24) is 9.21 Å². The van der Waals surface area contributed by atoms with E-state index in [-0.39, 0.29) is 11.7 Å². The number of hydrogen-bond donors (Lipinski definition) is 0. The Hall–Kier alpha value is -1.05. The number of hydrogen-bond acceptors (Lipinski definition) is 4. The van der Waals surface area contributed by atoms with Crippen molar-refractivity contribution >= 4 is 27.7 Å². The summed E-state index contributed by atoms with van der Waals surface area (Å²) in [7, 11) is -1.59. The van der Waals surface area contributed by atoms with Crippen molar-refractivity contribution in [2.75, 3.05) is 25.6 Å². The van der Waals surface area contributed by atoms with Crippen LogP contribution in [0.5, 0.6) is 0 Å². The zero-order valence-corrected chi connectivity index (χ0v) is 16.2. The highest BCUT2D eigenvalue weighted by atomic mass is 32.2. The summed E-state index contributed by atoms with van der Waals surface area (Å²) >= 11 is 1.68. The van der Waals surface area contributed by atoms with E-state index in [0.717, 1.165) is 12.0 Å². The zero-order chi connectivity index (χ0) is 17.7. The van der Waals surface area contributed by atoms with Crippen molar-refractivity contribution in [1.29, 1.82) is 0 Å². The fraction of sp³-hybridized carbons (Fsp3) is 0.588. The lowest BCUT2D eigenvalue weighted by Gasteiger charge is -2.27. The molecule has 0 bridgehead atoms. The number of nitrogens with zero attached hydrogens (tertiary/aromatic N) is 2. The maximum atomic E-state index is 12.7. The fourth-order valence-electron chi connectivity index (χ4n) is 3.03. The Balaban J connectivity index is 2.05. The molecule has 1 aliphatic heterocycles. The molecule has 1 aromatic rings. The van der Waals surface area contributed by atoms with Crippen LogP contribution in [0.2, 0.25) is 0 Å². The molecule has 1 unspecified atom stereocenters. The molecule has 0 aromatic heterocycles. The topological polar surface area (TPSA) is 57.7 Å². The molecule has 2 rings (SSSR count). The third kappa shape index (κ3) is 4.52. The van der Waals surface area contributed by atoms with Crippen LogP contribution >= 0.6 is 11.8 Å².